The molecule has 0 bridgehead atoms. The number of ether oxygens (including phenoxy) is 2. The van der Waals surface area contributed by atoms with Crippen LogP contribution in [0.15, 0.2) is 30.0 Å². The predicted molar refractivity (Wildman–Crippen MR) is 95.1 cm³/mol. The molecular formula is C16H12ClFN4O2S. The SMILES string of the molecule is CCOc1cc(/C=C(\C#N)C(N)=S)ccc1Oc1nc(Cl)ncc1F. The molecule has 0 aliphatic heterocycles. The van der Waals surface area contributed by atoms with E-state index in [9.17, 15) is 4.39 Å². The summed E-state index contributed by atoms with van der Waals surface area (Å²) in [5.41, 5.74) is 6.24. The van der Waals surface area contributed by atoms with Gasteiger partial charge >= 0.3 is 0 Å². The summed E-state index contributed by atoms with van der Waals surface area (Å²) in [5.74, 6) is -0.548. The average Bonchev–Trinajstić information content (AvgIpc) is 2.58. The van der Waals surface area contributed by atoms with Crippen LogP contribution in [0.5, 0.6) is 17.4 Å². The van der Waals surface area contributed by atoms with Crippen molar-refractivity contribution in [3.05, 3.63) is 46.6 Å². The van der Waals surface area contributed by atoms with Crippen LogP contribution in [0, 0.1) is 17.1 Å². The summed E-state index contributed by atoms with van der Waals surface area (Å²) >= 11 is 10.5. The molecule has 0 aliphatic rings. The quantitative estimate of drug-likeness (QED) is 0.355. The van der Waals surface area contributed by atoms with Gasteiger partial charge in [0, 0.05) is 0 Å². The minimum absolute atomic E-state index is 0.0153. The van der Waals surface area contributed by atoms with Gasteiger partial charge < -0.3 is 15.2 Å². The number of aromatic nitrogens is 2. The van der Waals surface area contributed by atoms with Crippen molar-refractivity contribution in [2.75, 3.05) is 6.61 Å². The summed E-state index contributed by atoms with van der Waals surface area (Å²) in [4.78, 5) is 7.19. The summed E-state index contributed by atoms with van der Waals surface area (Å²) in [6.45, 7) is 2.13. The number of nitriles is 1. The van der Waals surface area contributed by atoms with Crippen LogP contribution in [-0.2, 0) is 0 Å². The minimum atomic E-state index is -0.768. The average molecular weight is 379 g/mol. The molecule has 0 saturated heterocycles. The Labute approximate surface area is 153 Å². The Hall–Kier alpha value is -2.76. The summed E-state index contributed by atoms with van der Waals surface area (Å²) in [6, 6.07) is 6.69. The zero-order valence-electron chi connectivity index (χ0n) is 13.0. The number of halogens is 2. The molecule has 1 aromatic carbocycles. The van der Waals surface area contributed by atoms with Gasteiger partial charge in [-0.25, -0.2) is 4.98 Å². The molecule has 1 heterocycles. The number of rotatable bonds is 6. The van der Waals surface area contributed by atoms with Crippen molar-refractivity contribution in [2.24, 2.45) is 5.73 Å². The van der Waals surface area contributed by atoms with Crippen molar-refractivity contribution >= 4 is 34.9 Å². The van der Waals surface area contributed by atoms with E-state index in [0.717, 1.165) is 6.20 Å². The number of thiocarbonyl (C=S) groups is 1. The molecule has 0 atom stereocenters. The molecule has 0 unspecified atom stereocenters. The maximum absolute atomic E-state index is 13.7. The molecule has 6 nitrogen and oxygen atoms in total. The highest BCUT2D eigenvalue weighted by Crippen LogP contribution is 2.33. The maximum atomic E-state index is 13.7. The van der Waals surface area contributed by atoms with Gasteiger partial charge in [0.25, 0.3) is 5.88 Å². The third-order valence-corrected chi connectivity index (χ3v) is 3.26. The van der Waals surface area contributed by atoms with E-state index in [1.807, 2.05) is 6.07 Å². The molecule has 0 amide bonds. The molecule has 2 aromatic rings. The Morgan fingerprint density at radius 2 is 2.24 bits per heavy atom. The van der Waals surface area contributed by atoms with E-state index in [1.54, 1.807) is 25.1 Å². The first kappa shape index (κ1) is 18.6. The van der Waals surface area contributed by atoms with E-state index in [1.165, 1.54) is 6.08 Å². The highest BCUT2D eigenvalue weighted by atomic mass is 35.5. The monoisotopic (exact) mass is 378 g/mol. The molecule has 0 radical (unpaired) electrons. The standard InChI is InChI=1S/C16H12ClFN4O2S/c1-2-23-13-6-9(5-10(7-19)14(20)25)3-4-12(13)24-15-11(18)8-21-16(17)22-15/h3-6,8H,2H2,1H3,(H2,20,25)/b10-5+. The van der Waals surface area contributed by atoms with E-state index >= 15 is 0 Å². The van der Waals surface area contributed by atoms with Crippen LogP contribution in [0.1, 0.15) is 12.5 Å². The van der Waals surface area contributed by atoms with Crippen LogP contribution in [0.2, 0.25) is 5.28 Å². The normalized spacial score (nSPS) is 10.9. The van der Waals surface area contributed by atoms with Crippen molar-refractivity contribution in [3.63, 3.8) is 0 Å². The second-order valence-corrected chi connectivity index (χ2v) is 5.35. The molecule has 1 aromatic heterocycles. The fourth-order valence-corrected chi connectivity index (χ4v) is 2.03. The molecule has 0 spiro atoms. The highest BCUT2D eigenvalue weighted by molar-refractivity contribution is 7.80. The van der Waals surface area contributed by atoms with E-state index < -0.39 is 5.82 Å². The lowest BCUT2D eigenvalue weighted by atomic mass is 10.1. The van der Waals surface area contributed by atoms with Gasteiger partial charge in [0.2, 0.25) is 11.1 Å². The summed E-state index contributed by atoms with van der Waals surface area (Å²) in [7, 11) is 0. The topological polar surface area (TPSA) is 94.0 Å². The van der Waals surface area contributed by atoms with Gasteiger partial charge in [-0.2, -0.15) is 14.6 Å². The molecule has 25 heavy (non-hydrogen) atoms. The van der Waals surface area contributed by atoms with E-state index in [4.69, 9.17) is 44.3 Å². The zero-order valence-corrected chi connectivity index (χ0v) is 14.6. The second kappa shape index (κ2) is 8.37. The zero-order chi connectivity index (χ0) is 18.4. The molecule has 0 saturated carbocycles. The fraction of sp³-hybridized carbons (Fsp3) is 0.125. The van der Waals surface area contributed by atoms with Crippen molar-refractivity contribution in [2.45, 2.75) is 6.92 Å². The van der Waals surface area contributed by atoms with E-state index in [0.29, 0.717) is 17.9 Å². The van der Waals surface area contributed by atoms with Crippen molar-refractivity contribution in [1.82, 2.24) is 9.97 Å². The number of benzene rings is 1. The molecule has 2 rings (SSSR count). The van der Waals surface area contributed by atoms with Gasteiger partial charge in [0.1, 0.15) is 11.1 Å². The van der Waals surface area contributed by atoms with Crippen LogP contribution < -0.4 is 15.2 Å². The Balaban J connectivity index is 2.41. The first-order valence-electron chi connectivity index (χ1n) is 6.99. The number of nitrogens with two attached hydrogens (primary N) is 1. The molecule has 128 valence electrons. The van der Waals surface area contributed by atoms with Crippen molar-refractivity contribution in [1.29, 1.82) is 5.26 Å². The number of nitrogens with zero attached hydrogens (tertiary/aromatic N) is 3. The second-order valence-electron chi connectivity index (χ2n) is 4.57. The number of hydrogen-bond acceptors (Lipinski definition) is 6. The van der Waals surface area contributed by atoms with Crippen molar-refractivity contribution < 1.29 is 13.9 Å². The third kappa shape index (κ3) is 4.86. The van der Waals surface area contributed by atoms with Gasteiger partial charge in [-0.3, -0.25) is 0 Å². The summed E-state index contributed by atoms with van der Waals surface area (Å²) in [6.07, 6.45) is 2.42. The predicted octanol–water partition coefficient (Wildman–Crippen LogP) is 3.65. The smallest absolute Gasteiger partial charge is 0.260 e. The largest absolute Gasteiger partial charge is 0.490 e. The third-order valence-electron chi connectivity index (χ3n) is 2.85. The molecular weight excluding hydrogens is 367 g/mol. The Morgan fingerprint density at radius 1 is 1.48 bits per heavy atom. The van der Waals surface area contributed by atoms with Gasteiger partial charge in [0.15, 0.2) is 11.5 Å². The van der Waals surface area contributed by atoms with Crippen LogP contribution in [0.4, 0.5) is 4.39 Å². The minimum Gasteiger partial charge on any atom is -0.490 e. The van der Waals surface area contributed by atoms with E-state index in [-0.39, 0.29) is 27.5 Å². The van der Waals surface area contributed by atoms with Gasteiger partial charge in [-0.15, -0.1) is 0 Å². The Bertz CT molecular complexity index is 883. The van der Waals surface area contributed by atoms with Crippen molar-refractivity contribution in [3.8, 4) is 23.4 Å². The van der Waals surface area contributed by atoms with Crippen LogP contribution in [0.3, 0.4) is 0 Å². The lowest BCUT2D eigenvalue weighted by Gasteiger charge is -2.12. The van der Waals surface area contributed by atoms with Gasteiger partial charge in [-0.05, 0) is 42.3 Å². The maximum Gasteiger partial charge on any atom is 0.260 e. The fourth-order valence-electron chi connectivity index (χ4n) is 1.80. The highest BCUT2D eigenvalue weighted by Gasteiger charge is 2.13. The first-order valence-corrected chi connectivity index (χ1v) is 7.77. The summed E-state index contributed by atoms with van der Waals surface area (Å²) < 4.78 is 24.7. The molecule has 0 aliphatic carbocycles. The van der Waals surface area contributed by atoms with Crippen LogP contribution in [0.25, 0.3) is 6.08 Å². The lowest BCUT2D eigenvalue weighted by Crippen LogP contribution is -2.09. The van der Waals surface area contributed by atoms with Crippen LogP contribution in [-0.4, -0.2) is 21.6 Å². The molecule has 2 N–H and O–H groups in total. The molecule has 9 heteroatoms. The van der Waals surface area contributed by atoms with Gasteiger partial charge in [-0.1, -0.05) is 18.3 Å². The number of hydrogen-bond donors (Lipinski definition) is 1. The van der Waals surface area contributed by atoms with E-state index in [2.05, 4.69) is 9.97 Å². The van der Waals surface area contributed by atoms with Gasteiger partial charge in [0.05, 0.1) is 18.4 Å². The van der Waals surface area contributed by atoms with Crippen LogP contribution >= 0.6 is 23.8 Å². The summed E-state index contributed by atoms with van der Waals surface area (Å²) in [5, 5.41) is 8.88. The lowest BCUT2D eigenvalue weighted by molar-refractivity contribution is 0.316. The first-order chi connectivity index (χ1) is 11.9. The molecule has 0 fully saturated rings. The Kier molecular flexibility index (Phi) is 6.22. The Morgan fingerprint density at radius 3 is 2.88 bits per heavy atom.